The Bertz CT molecular complexity index is 957. The van der Waals surface area contributed by atoms with Gasteiger partial charge in [-0.05, 0) is 62.4 Å². The second kappa shape index (κ2) is 7.26. The molecule has 0 aliphatic carbocycles. The first-order valence-corrected chi connectivity index (χ1v) is 10.4. The highest BCUT2D eigenvalue weighted by Gasteiger charge is 2.38. The monoisotopic (exact) mass is 394 g/mol. The highest BCUT2D eigenvalue weighted by molar-refractivity contribution is 7.98. The van der Waals surface area contributed by atoms with Crippen LogP contribution in [0.15, 0.2) is 48.5 Å². The minimum Gasteiger partial charge on any atom is -0.341 e. The zero-order valence-corrected chi connectivity index (χ0v) is 17.3. The molecule has 1 saturated heterocycles. The molecule has 3 aromatic rings. The van der Waals surface area contributed by atoms with Gasteiger partial charge in [0.15, 0.2) is 0 Å². The molecule has 2 aromatic carbocycles. The van der Waals surface area contributed by atoms with Gasteiger partial charge in [-0.15, -0.1) is 0 Å². The van der Waals surface area contributed by atoms with Crippen LogP contribution in [-0.4, -0.2) is 25.7 Å². The summed E-state index contributed by atoms with van der Waals surface area (Å²) in [4.78, 5) is 20.2. The molecule has 4 rings (SSSR count). The van der Waals surface area contributed by atoms with Gasteiger partial charge in [0.2, 0.25) is 5.91 Å². The highest BCUT2D eigenvalue weighted by atomic mass is 32.2. The number of carbonyl (C=O) groups is 1. The van der Waals surface area contributed by atoms with Crippen LogP contribution in [0.1, 0.15) is 55.4 Å². The average molecular weight is 395 g/mol. The fourth-order valence-corrected chi connectivity index (χ4v) is 4.80. The maximum Gasteiger partial charge on any atom is 0.234 e. The standard InChI is InChI=1S/C22H26N4OS/c1-22(2,3)26-20(27)13-19(28-26)15-10-8-14(9-11-15)12-16(23)21-24-17-6-4-5-7-18(17)25-21/h4-11,16,19H,12-13,23H2,1-3H3,(H,24,25)/t16-,19+/m0/s1. The van der Waals surface area contributed by atoms with Gasteiger partial charge in [0.1, 0.15) is 5.82 Å². The van der Waals surface area contributed by atoms with Crippen LogP contribution < -0.4 is 5.73 Å². The molecule has 2 heterocycles. The molecular weight excluding hydrogens is 368 g/mol. The van der Waals surface area contributed by atoms with E-state index in [9.17, 15) is 4.79 Å². The minimum atomic E-state index is -0.183. The van der Waals surface area contributed by atoms with Gasteiger partial charge in [0.25, 0.3) is 0 Å². The molecule has 0 radical (unpaired) electrons. The lowest BCUT2D eigenvalue weighted by Crippen LogP contribution is -2.37. The first kappa shape index (κ1) is 19.0. The summed E-state index contributed by atoms with van der Waals surface area (Å²) in [5.41, 5.74) is 10.5. The van der Waals surface area contributed by atoms with E-state index in [4.69, 9.17) is 5.73 Å². The van der Waals surface area contributed by atoms with Gasteiger partial charge >= 0.3 is 0 Å². The number of nitrogens with two attached hydrogens (primary N) is 1. The van der Waals surface area contributed by atoms with Gasteiger partial charge in [-0.25, -0.2) is 4.98 Å². The van der Waals surface area contributed by atoms with E-state index in [0.717, 1.165) is 16.9 Å². The predicted octanol–water partition coefficient (Wildman–Crippen LogP) is 4.53. The summed E-state index contributed by atoms with van der Waals surface area (Å²) in [6, 6.07) is 16.2. The van der Waals surface area contributed by atoms with Crippen LogP contribution in [-0.2, 0) is 11.2 Å². The smallest absolute Gasteiger partial charge is 0.234 e. The van der Waals surface area contributed by atoms with Gasteiger partial charge in [-0.3, -0.25) is 9.10 Å². The van der Waals surface area contributed by atoms with Gasteiger partial charge in [-0.2, -0.15) is 0 Å². The Morgan fingerprint density at radius 2 is 1.93 bits per heavy atom. The third-order valence-corrected chi connectivity index (χ3v) is 6.65. The van der Waals surface area contributed by atoms with Crippen molar-refractivity contribution in [2.75, 3.05) is 0 Å². The first-order valence-electron chi connectivity index (χ1n) is 9.60. The molecule has 6 heteroatoms. The molecule has 3 N–H and O–H groups in total. The van der Waals surface area contributed by atoms with Crippen LogP contribution in [0.2, 0.25) is 0 Å². The number of nitrogens with one attached hydrogen (secondary N) is 1. The molecule has 1 aliphatic rings. The largest absolute Gasteiger partial charge is 0.341 e. The van der Waals surface area contributed by atoms with Crippen LogP contribution in [0.25, 0.3) is 11.0 Å². The summed E-state index contributed by atoms with van der Waals surface area (Å²) in [6.45, 7) is 6.22. The number of carbonyl (C=O) groups excluding carboxylic acids is 1. The Kier molecular flexibility index (Phi) is 4.93. The number of aromatic amines is 1. The van der Waals surface area contributed by atoms with Gasteiger partial charge in [-0.1, -0.05) is 36.4 Å². The van der Waals surface area contributed by atoms with E-state index in [1.165, 1.54) is 11.1 Å². The van der Waals surface area contributed by atoms with Crippen LogP contribution >= 0.6 is 11.9 Å². The number of amides is 1. The van der Waals surface area contributed by atoms with Crippen molar-refractivity contribution in [1.29, 1.82) is 0 Å². The summed E-state index contributed by atoms with van der Waals surface area (Å²) in [7, 11) is 0. The van der Waals surface area contributed by atoms with Crippen LogP contribution in [0, 0.1) is 0 Å². The lowest BCUT2D eigenvalue weighted by Gasteiger charge is -2.30. The molecule has 1 aromatic heterocycles. The van der Waals surface area contributed by atoms with E-state index < -0.39 is 0 Å². The van der Waals surface area contributed by atoms with E-state index in [1.807, 2.05) is 28.6 Å². The number of nitrogens with zero attached hydrogens (tertiary/aromatic N) is 2. The van der Waals surface area contributed by atoms with E-state index in [2.05, 4.69) is 55.0 Å². The second-order valence-electron chi connectivity index (χ2n) is 8.35. The van der Waals surface area contributed by atoms with Gasteiger partial charge in [0.05, 0.1) is 22.3 Å². The molecule has 5 nitrogen and oxygen atoms in total. The minimum absolute atomic E-state index is 0.157. The van der Waals surface area contributed by atoms with Crippen molar-refractivity contribution in [1.82, 2.24) is 14.3 Å². The number of aromatic nitrogens is 2. The first-order chi connectivity index (χ1) is 13.3. The normalized spacial score (nSPS) is 18.8. The van der Waals surface area contributed by atoms with E-state index in [1.54, 1.807) is 11.9 Å². The number of imidazole rings is 1. The zero-order chi connectivity index (χ0) is 19.9. The van der Waals surface area contributed by atoms with Crippen LogP contribution in [0.3, 0.4) is 0 Å². The van der Waals surface area contributed by atoms with Crippen molar-refractivity contribution in [3.63, 3.8) is 0 Å². The Labute approximate surface area is 169 Å². The molecule has 1 fully saturated rings. The molecule has 1 aliphatic heterocycles. The van der Waals surface area contributed by atoms with Crippen molar-refractivity contribution in [3.05, 3.63) is 65.5 Å². The lowest BCUT2D eigenvalue weighted by molar-refractivity contribution is -0.127. The van der Waals surface area contributed by atoms with Crippen molar-refractivity contribution >= 4 is 28.9 Å². The Balaban J connectivity index is 1.44. The number of para-hydroxylation sites is 2. The summed E-state index contributed by atoms with van der Waals surface area (Å²) in [5, 5.41) is 0.185. The third kappa shape index (κ3) is 3.80. The van der Waals surface area contributed by atoms with Crippen LogP contribution in [0.4, 0.5) is 0 Å². The molecule has 146 valence electrons. The molecule has 0 bridgehead atoms. The van der Waals surface area contributed by atoms with Crippen molar-refractivity contribution in [2.45, 2.75) is 50.4 Å². The number of H-pyrrole nitrogens is 1. The molecule has 2 atom stereocenters. The number of benzene rings is 2. The summed E-state index contributed by atoms with van der Waals surface area (Å²) >= 11 is 1.64. The fourth-order valence-electron chi connectivity index (χ4n) is 3.54. The van der Waals surface area contributed by atoms with E-state index in [-0.39, 0.29) is 22.7 Å². The Morgan fingerprint density at radius 3 is 2.57 bits per heavy atom. The van der Waals surface area contributed by atoms with Crippen molar-refractivity contribution in [2.24, 2.45) is 5.73 Å². The number of rotatable bonds is 4. The second-order valence-corrected chi connectivity index (χ2v) is 9.49. The Hall–Kier alpha value is -2.31. The number of hydrogen-bond donors (Lipinski definition) is 2. The topological polar surface area (TPSA) is 75.0 Å². The Morgan fingerprint density at radius 1 is 1.21 bits per heavy atom. The summed E-state index contributed by atoms with van der Waals surface area (Å²) < 4.78 is 1.91. The molecule has 0 saturated carbocycles. The summed E-state index contributed by atoms with van der Waals surface area (Å²) in [6.07, 6.45) is 1.27. The SMILES string of the molecule is CC(C)(C)N1S[C@@H](c2ccc(C[C@H](N)c3nc4ccccc4[nH]3)cc2)CC1=O. The molecular formula is C22H26N4OS. The number of hydrogen-bond acceptors (Lipinski definition) is 4. The van der Waals surface area contributed by atoms with E-state index >= 15 is 0 Å². The maximum atomic E-state index is 12.3. The summed E-state index contributed by atoms with van der Waals surface area (Å²) in [5.74, 6) is 1.02. The maximum absolute atomic E-state index is 12.3. The molecule has 1 amide bonds. The lowest BCUT2D eigenvalue weighted by atomic mass is 10.0. The van der Waals surface area contributed by atoms with Crippen molar-refractivity contribution in [3.8, 4) is 0 Å². The van der Waals surface area contributed by atoms with Gasteiger partial charge in [0, 0.05) is 12.0 Å². The molecule has 0 unspecified atom stereocenters. The quantitative estimate of drug-likeness (QED) is 0.638. The molecule has 0 spiro atoms. The number of fused-ring (bicyclic) bond motifs is 1. The predicted molar refractivity (Wildman–Crippen MR) is 115 cm³/mol. The van der Waals surface area contributed by atoms with Gasteiger partial charge < -0.3 is 10.7 Å². The van der Waals surface area contributed by atoms with Crippen molar-refractivity contribution < 1.29 is 4.79 Å². The molecule has 28 heavy (non-hydrogen) atoms. The zero-order valence-electron chi connectivity index (χ0n) is 16.5. The van der Waals surface area contributed by atoms with E-state index in [0.29, 0.717) is 12.8 Å². The highest BCUT2D eigenvalue weighted by Crippen LogP contribution is 2.45. The average Bonchev–Trinajstić information content (AvgIpc) is 3.25. The third-order valence-electron chi connectivity index (χ3n) is 4.99. The fraction of sp³-hybridized carbons (Fsp3) is 0.364. The van der Waals surface area contributed by atoms with Crippen LogP contribution in [0.5, 0.6) is 0 Å².